The van der Waals surface area contributed by atoms with Gasteiger partial charge in [-0.1, -0.05) is 29.8 Å². The van der Waals surface area contributed by atoms with Gasteiger partial charge in [0.2, 0.25) is 0 Å². The first-order valence-corrected chi connectivity index (χ1v) is 5.62. The average molecular weight is 236 g/mol. The van der Waals surface area contributed by atoms with Crippen LogP contribution < -0.4 is 5.32 Å². The predicted octanol–water partition coefficient (Wildman–Crippen LogP) is 3.44. The minimum atomic E-state index is 0.214. The summed E-state index contributed by atoms with van der Waals surface area (Å²) in [6.45, 7) is 0. The highest BCUT2D eigenvalue weighted by Crippen LogP contribution is 2.25. The molecule has 2 rings (SSSR count). The van der Waals surface area contributed by atoms with E-state index >= 15 is 0 Å². The van der Waals surface area contributed by atoms with Crippen molar-refractivity contribution in [2.45, 2.75) is 12.5 Å². The summed E-state index contributed by atoms with van der Waals surface area (Å²) in [5.41, 5.74) is 2.28. The Morgan fingerprint density at radius 1 is 1.31 bits per heavy atom. The van der Waals surface area contributed by atoms with Gasteiger partial charge in [0, 0.05) is 11.1 Å². The van der Waals surface area contributed by atoms with Crippen molar-refractivity contribution in [3.63, 3.8) is 0 Å². The van der Waals surface area contributed by atoms with Crippen LogP contribution in [0.4, 0.5) is 0 Å². The molecule has 1 aromatic heterocycles. The summed E-state index contributed by atoms with van der Waals surface area (Å²) in [5.74, 6) is 0. The summed E-state index contributed by atoms with van der Waals surface area (Å²) in [6.07, 6.45) is 4.33. The third-order valence-electron chi connectivity index (χ3n) is 2.65. The quantitative estimate of drug-likeness (QED) is 0.878. The fourth-order valence-electron chi connectivity index (χ4n) is 1.77. The average Bonchev–Trinajstić information content (AvgIpc) is 2.80. The van der Waals surface area contributed by atoms with Crippen molar-refractivity contribution in [1.29, 1.82) is 0 Å². The Morgan fingerprint density at radius 2 is 2.12 bits per heavy atom. The van der Waals surface area contributed by atoms with E-state index in [1.165, 1.54) is 5.56 Å². The van der Waals surface area contributed by atoms with Gasteiger partial charge in [0.15, 0.2) is 0 Å². The summed E-state index contributed by atoms with van der Waals surface area (Å²) in [4.78, 5) is 0. The second-order valence-corrected chi connectivity index (χ2v) is 4.11. The number of nitrogens with one attached hydrogen (secondary N) is 1. The Balaban J connectivity index is 2.20. The smallest absolute Gasteiger partial charge is 0.0935 e. The Kier molecular flexibility index (Phi) is 3.65. The number of halogens is 1. The monoisotopic (exact) mass is 235 g/mol. The highest BCUT2D eigenvalue weighted by molar-refractivity contribution is 6.31. The Morgan fingerprint density at radius 3 is 2.75 bits per heavy atom. The zero-order valence-corrected chi connectivity index (χ0v) is 9.87. The molecule has 1 aromatic carbocycles. The molecule has 3 heteroatoms. The standard InChI is InChI=1S/C13H14ClNO/c1-15-13(8-10-6-7-16-9-10)11-4-2-3-5-12(11)14/h2-7,9,13,15H,8H2,1H3. The van der Waals surface area contributed by atoms with Crippen molar-refractivity contribution >= 4 is 11.6 Å². The molecule has 0 aliphatic rings. The largest absolute Gasteiger partial charge is 0.472 e. The van der Waals surface area contributed by atoms with Gasteiger partial charge in [-0.2, -0.15) is 0 Å². The molecule has 84 valence electrons. The highest BCUT2D eigenvalue weighted by Gasteiger charge is 2.13. The molecular weight excluding hydrogens is 222 g/mol. The van der Waals surface area contributed by atoms with E-state index in [1.54, 1.807) is 12.5 Å². The summed E-state index contributed by atoms with van der Waals surface area (Å²) in [7, 11) is 1.94. The van der Waals surface area contributed by atoms with E-state index in [-0.39, 0.29) is 6.04 Å². The fourth-order valence-corrected chi connectivity index (χ4v) is 2.04. The van der Waals surface area contributed by atoms with Crippen LogP contribution in [0, 0.1) is 0 Å². The first-order valence-electron chi connectivity index (χ1n) is 5.24. The van der Waals surface area contributed by atoms with Gasteiger partial charge >= 0.3 is 0 Å². The number of rotatable bonds is 4. The lowest BCUT2D eigenvalue weighted by Crippen LogP contribution is -2.18. The zero-order chi connectivity index (χ0) is 11.4. The van der Waals surface area contributed by atoms with E-state index in [0.717, 1.165) is 17.0 Å². The van der Waals surface area contributed by atoms with E-state index in [9.17, 15) is 0 Å². The SMILES string of the molecule is CNC(Cc1ccoc1)c1ccccc1Cl. The van der Waals surface area contributed by atoms with Crippen molar-refractivity contribution < 1.29 is 4.42 Å². The Labute approximate surface area is 100 Å². The van der Waals surface area contributed by atoms with E-state index < -0.39 is 0 Å². The van der Waals surface area contributed by atoms with Crippen LogP contribution in [0.1, 0.15) is 17.2 Å². The lowest BCUT2D eigenvalue weighted by atomic mass is 10.0. The first-order chi connectivity index (χ1) is 7.81. The molecule has 0 spiro atoms. The molecule has 2 nitrogen and oxygen atoms in total. The topological polar surface area (TPSA) is 25.2 Å². The molecule has 16 heavy (non-hydrogen) atoms. The van der Waals surface area contributed by atoms with Crippen LogP contribution in [0.2, 0.25) is 5.02 Å². The summed E-state index contributed by atoms with van der Waals surface area (Å²) < 4.78 is 5.07. The van der Waals surface area contributed by atoms with Gasteiger partial charge in [-0.05, 0) is 36.7 Å². The highest BCUT2D eigenvalue weighted by atomic mass is 35.5. The maximum atomic E-state index is 6.17. The Hall–Kier alpha value is -1.25. The molecule has 0 saturated heterocycles. The summed E-state index contributed by atoms with van der Waals surface area (Å²) in [6, 6.07) is 10.1. The lowest BCUT2D eigenvalue weighted by Gasteiger charge is -2.17. The molecule has 0 bridgehead atoms. The van der Waals surface area contributed by atoms with Crippen LogP contribution in [-0.2, 0) is 6.42 Å². The molecule has 1 unspecified atom stereocenters. The third kappa shape index (κ3) is 2.46. The van der Waals surface area contributed by atoms with Gasteiger partial charge in [0.1, 0.15) is 0 Å². The van der Waals surface area contributed by atoms with Crippen LogP contribution in [0.25, 0.3) is 0 Å². The van der Waals surface area contributed by atoms with Gasteiger partial charge < -0.3 is 9.73 Å². The summed E-state index contributed by atoms with van der Waals surface area (Å²) in [5, 5.41) is 4.07. The van der Waals surface area contributed by atoms with Gasteiger partial charge in [-0.3, -0.25) is 0 Å². The Bertz CT molecular complexity index is 439. The van der Waals surface area contributed by atoms with Crippen LogP contribution in [0.5, 0.6) is 0 Å². The molecule has 1 atom stereocenters. The van der Waals surface area contributed by atoms with Crippen molar-refractivity contribution in [3.05, 3.63) is 59.0 Å². The molecule has 0 amide bonds. The van der Waals surface area contributed by atoms with Gasteiger partial charge in [-0.25, -0.2) is 0 Å². The van der Waals surface area contributed by atoms with Crippen LogP contribution in [0.15, 0.2) is 47.3 Å². The minimum absolute atomic E-state index is 0.214. The van der Waals surface area contributed by atoms with Crippen LogP contribution in [-0.4, -0.2) is 7.05 Å². The van der Waals surface area contributed by atoms with E-state index in [4.69, 9.17) is 16.0 Å². The maximum absolute atomic E-state index is 6.17. The van der Waals surface area contributed by atoms with Gasteiger partial charge in [-0.15, -0.1) is 0 Å². The second kappa shape index (κ2) is 5.19. The van der Waals surface area contributed by atoms with Crippen molar-refractivity contribution in [2.75, 3.05) is 7.05 Å². The number of hydrogen-bond donors (Lipinski definition) is 1. The molecule has 1 heterocycles. The molecule has 0 fully saturated rings. The van der Waals surface area contributed by atoms with E-state index in [1.807, 2.05) is 37.4 Å². The van der Waals surface area contributed by atoms with Crippen molar-refractivity contribution in [2.24, 2.45) is 0 Å². The van der Waals surface area contributed by atoms with Crippen molar-refractivity contribution in [3.8, 4) is 0 Å². The number of furan rings is 1. The number of likely N-dealkylation sites (N-methyl/N-ethyl adjacent to an activating group) is 1. The van der Waals surface area contributed by atoms with Gasteiger partial charge in [0.05, 0.1) is 12.5 Å². The molecule has 0 radical (unpaired) electrons. The van der Waals surface area contributed by atoms with Crippen molar-refractivity contribution in [1.82, 2.24) is 5.32 Å². The molecule has 2 aromatic rings. The van der Waals surface area contributed by atoms with E-state index in [2.05, 4.69) is 5.32 Å². The lowest BCUT2D eigenvalue weighted by molar-refractivity contribution is 0.551. The van der Waals surface area contributed by atoms with Crippen LogP contribution >= 0.6 is 11.6 Å². The molecule has 0 aliphatic carbocycles. The predicted molar refractivity (Wildman–Crippen MR) is 65.7 cm³/mol. The normalized spacial score (nSPS) is 12.6. The molecule has 0 saturated carbocycles. The summed E-state index contributed by atoms with van der Waals surface area (Å²) >= 11 is 6.17. The second-order valence-electron chi connectivity index (χ2n) is 3.70. The van der Waals surface area contributed by atoms with Crippen LogP contribution in [0.3, 0.4) is 0 Å². The van der Waals surface area contributed by atoms with E-state index in [0.29, 0.717) is 0 Å². The first kappa shape index (κ1) is 11.2. The minimum Gasteiger partial charge on any atom is -0.472 e. The molecule has 0 aliphatic heterocycles. The fraction of sp³-hybridized carbons (Fsp3) is 0.231. The molecular formula is C13H14ClNO. The maximum Gasteiger partial charge on any atom is 0.0935 e. The van der Waals surface area contributed by atoms with Gasteiger partial charge in [0.25, 0.3) is 0 Å². The third-order valence-corrected chi connectivity index (χ3v) is 2.99. The number of benzene rings is 1. The zero-order valence-electron chi connectivity index (χ0n) is 9.11. The number of hydrogen-bond acceptors (Lipinski definition) is 2. The molecule has 1 N–H and O–H groups in total.